The highest BCUT2D eigenvalue weighted by Gasteiger charge is 2.10. The zero-order chi connectivity index (χ0) is 10.7. The summed E-state index contributed by atoms with van der Waals surface area (Å²) in [5, 5.41) is 0. The Hall–Kier alpha value is -1.64. The van der Waals surface area contributed by atoms with E-state index in [2.05, 4.69) is 9.73 Å². The van der Waals surface area contributed by atoms with Gasteiger partial charge in [0.05, 0.1) is 12.7 Å². The lowest BCUT2D eigenvalue weighted by Crippen LogP contribution is -2.02. The van der Waals surface area contributed by atoms with Gasteiger partial charge in [-0.3, -0.25) is 4.99 Å². The van der Waals surface area contributed by atoms with Gasteiger partial charge in [-0.05, 0) is 30.5 Å². The third kappa shape index (κ3) is 2.06. The van der Waals surface area contributed by atoms with Gasteiger partial charge >= 0.3 is 5.97 Å². The van der Waals surface area contributed by atoms with Gasteiger partial charge in [-0.2, -0.15) is 0 Å². The Morgan fingerprint density at radius 3 is 2.60 bits per heavy atom. The summed E-state index contributed by atoms with van der Waals surface area (Å²) in [5.74, 6) is -0.296. The molecule has 0 amide bonds. The van der Waals surface area contributed by atoms with E-state index in [1.165, 1.54) is 7.11 Å². The molecule has 0 saturated heterocycles. The summed E-state index contributed by atoms with van der Waals surface area (Å²) in [5.41, 5.74) is 2.84. The zero-order valence-electron chi connectivity index (χ0n) is 8.69. The summed E-state index contributed by atoms with van der Waals surface area (Å²) in [6.45, 7) is 0.925. The Balaban J connectivity index is 2.20. The SMILES string of the molecule is COC(=O)c1ccc(C2=NCCC2)cc1. The maximum atomic E-state index is 11.2. The van der Waals surface area contributed by atoms with Crippen LogP contribution in [0, 0.1) is 0 Å². The first-order chi connectivity index (χ1) is 7.31. The highest BCUT2D eigenvalue weighted by Crippen LogP contribution is 2.14. The fraction of sp³-hybridized carbons (Fsp3) is 0.333. The van der Waals surface area contributed by atoms with Crippen LogP contribution in [0.4, 0.5) is 0 Å². The molecule has 2 rings (SSSR count). The molecule has 0 radical (unpaired) electrons. The van der Waals surface area contributed by atoms with Crippen molar-refractivity contribution in [3.63, 3.8) is 0 Å². The normalized spacial score (nSPS) is 14.9. The number of hydrogen-bond donors (Lipinski definition) is 0. The average molecular weight is 203 g/mol. The number of benzene rings is 1. The van der Waals surface area contributed by atoms with Crippen LogP contribution in [0.5, 0.6) is 0 Å². The second-order valence-corrected chi connectivity index (χ2v) is 3.50. The Morgan fingerprint density at radius 2 is 2.07 bits per heavy atom. The lowest BCUT2D eigenvalue weighted by Gasteiger charge is -2.02. The van der Waals surface area contributed by atoms with Gasteiger partial charge in [-0.1, -0.05) is 12.1 Å². The minimum Gasteiger partial charge on any atom is -0.465 e. The molecule has 3 heteroatoms. The summed E-state index contributed by atoms with van der Waals surface area (Å²) in [7, 11) is 1.39. The van der Waals surface area contributed by atoms with E-state index >= 15 is 0 Å². The minimum absolute atomic E-state index is 0.296. The molecule has 0 fully saturated rings. The van der Waals surface area contributed by atoms with E-state index in [9.17, 15) is 4.79 Å². The Labute approximate surface area is 88.8 Å². The van der Waals surface area contributed by atoms with Gasteiger partial charge < -0.3 is 4.74 Å². The van der Waals surface area contributed by atoms with E-state index < -0.39 is 0 Å². The van der Waals surface area contributed by atoms with Crippen LogP contribution in [0.3, 0.4) is 0 Å². The molecule has 0 aliphatic carbocycles. The van der Waals surface area contributed by atoms with Crippen molar-refractivity contribution in [3.8, 4) is 0 Å². The maximum Gasteiger partial charge on any atom is 0.337 e. The minimum atomic E-state index is -0.296. The lowest BCUT2D eigenvalue weighted by molar-refractivity contribution is 0.0601. The Kier molecular flexibility index (Phi) is 2.81. The number of aliphatic imine (C=N–C) groups is 1. The second kappa shape index (κ2) is 4.26. The third-order valence-electron chi connectivity index (χ3n) is 2.51. The molecule has 0 spiro atoms. The molecule has 0 aromatic heterocycles. The molecule has 0 unspecified atom stereocenters. The summed E-state index contributed by atoms with van der Waals surface area (Å²) in [6, 6.07) is 7.41. The molecule has 0 bridgehead atoms. The predicted octanol–water partition coefficient (Wildman–Crippen LogP) is 2.06. The Bertz CT molecular complexity index is 393. The van der Waals surface area contributed by atoms with E-state index in [1.54, 1.807) is 12.1 Å². The number of hydrogen-bond acceptors (Lipinski definition) is 3. The number of carbonyl (C=O) groups is 1. The highest BCUT2D eigenvalue weighted by atomic mass is 16.5. The number of esters is 1. The first-order valence-corrected chi connectivity index (χ1v) is 5.03. The summed E-state index contributed by atoms with van der Waals surface area (Å²) in [6.07, 6.45) is 2.17. The van der Waals surface area contributed by atoms with Gasteiger partial charge in [0.15, 0.2) is 0 Å². The average Bonchev–Trinajstić information content (AvgIpc) is 2.82. The lowest BCUT2D eigenvalue weighted by atomic mass is 10.1. The van der Waals surface area contributed by atoms with Crippen molar-refractivity contribution >= 4 is 11.7 Å². The van der Waals surface area contributed by atoms with E-state index in [0.717, 1.165) is 30.7 Å². The van der Waals surface area contributed by atoms with E-state index in [0.29, 0.717) is 5.56 Å². The van der Waals surface area contributed by atoms with Gasteiger partial charge in [-0.25, -0.2) is 4.79 Å². The standard InChI is InChI=1S/C12H13NO2/c1-15-12(14)10-6-4-9(5-7-10)11-3-2-8-13-11/h4-7H,2-3,8H2,1H3. The fourth-order valence-corrected chi connectivity index (χ4v) is 1.69. The number of rotatable bonds is 2. The van der Waals surface area contributed by atoms with Gasteiger partial charge in [0.25, 0.3) is 0 Å². The highest BCUT2D eigenvalue weighted by molar-refractivity contribution is 6.02. The van der Waals surface area contributed by atoms with Crippen LogP contribution in [-0.4, -0.2) is 25.3 Å². The molecule has 1 aromatic carbocycles. The first kappa shape index (κ1) is 9.90. The first-order valence-electron chi connectivity index (χ1n) is 5.03. The molecular weight excluding hydrogens is 190 g/mol. The number of methoxy groups -OCH3 is 1. The third-order valence-corrected chi connectivity index (χ3v) is 2.51. The number of ether oxygens (including phenoxy) is 1. The van der Waals surface area contributed by atoms with E-state index in [-0.39, 0.29) is 5.97 Å². The number of carbonyl (C=O) groups excluding carboxylic acids is 1. The molecule has 1 aliphatic rings. The van der Waals surface area contributed by atoms with Crippen molar-refractivity contribution in [3.05, 3.63) is 35.4 Å². The largest absolute Gasteiger partial charge is 0.465 e. The smallest absolute Gasteiger partial charge is 0.337 e. The second-order valence-electron chi connectivity index (χ2n) is 3.50. The van der Waals surface area contributed by atoms with Gasteiger partial charge in [0.2, 0.25) is 0 Å². The zero-order valence-corrected chi connectivity index (χ0v) is 8.69. The topological polar surface area (TPSA) is 38.7 Å². The summed E-state index contributed by atoms with van der Waals surface area (Å²) in [4.78, 5) is 15.6. The molecule has 0 N–H and O–H groups in total. The molecule has 1 aliphatic heterocycles. The van der Waals surface area contributed by atoms with Gasteiger partial charge in [-0.15, -0.1) is 0 Å². The predicted molar refractivity (Wildman–Crippen MR) is 58.4 cm³/mol. The summed E-state index contributed by atoms with van der Waals surface area (Å²) < 4.78 is 4.63. The van der Waals surface area contributed by atoms with Crippen molar-refractivity contribution in [1.82, 2.24) is 0 Å². The molecule has 0 saturated carbocycles. The van der Waals surface area contributed by atoms with Gasteiger partial charge in [0.1, 0.15) is 0 Å². The quantitative estimate of drug-likeness (QED) is 0.690. The van der Waals surface area contributed by atoms with Gasteiger partial charge in [0, 0.05) is 12.3 Å². The van der Waals surface area contributed by atoms with Crippen LogP contribution in [0.25, 0.3) is 0 Å². The fourth-order valence-electron chi connectivity index (χ4n) is 1.69. The van der Waals surface area contributed by atoms with Crippen LogP contribution in [0.1, 0.15) is 28.8 Å². The molecule has 0 atom stereocenters. The van der Waals surface area contributed by atoms with Crippen molar-refractivity contribution in [2.24, 2.45) is 4.99 Å². The molecule has 15 heavy (non-hydrogen) atoms. The maximum absolute atomic E-state index is 11.2. The van der Waals surface area contributed by atoms with Crippen LogP contribution in [0.15, 0.2) is 29.3 Å². The van der Waals surface area contributed by atoms with Crippen LogP contribution in [0.2, 0.25) is 0 Å². The molecule has 3 nitrogen and oxygen atoms in total. The molecule has 1 aromatic rings. The Morgan fingerprint density at radius 1 is 1.33 bits per heavy atom. The van der Waals surface area contributed by atoms with Crippen molar-refractivity contribution in [1.29, 1.82) is 0 Å². The molecular formula is C12H13NO2. The molecule has 78 valence electrons. The van der Waals surface area contributed by atoms with Crippen LogP contribution in [-0.2, 0) is 4.74 Å². The van der Waals surface area contributed by atoms with Crippen LogP contribution < -0.4 is 0 Å². The molecule has 1 heterocycles. The van der Waals surface area contributed by atoms with Crippen molar-refractivity contribution < 1.29 is 9.53 Å². The number of nitrogens with zero attached hydrogens (tertiary/aromatic N) is 1. The van der Waals surface area contributed by atoms with E-state index in [1.807, 2.05) is 12.1 Å². The van der Waals surface area contributed by atoms with Crippen molar-refractivity contribution in [2.75, 3.05) is 13.7 Å². The van der Waals surface area contributed by atoms with E-state index in [4.69, 9.17) is 0 Å². The summed E-state index contributed by atoms with van der Waals surface area (Å²) >= 11 is 0. The van der Waals surface area contributed by atoms with Crippen molar-refractivity contribution in [2.45, 2.75) is 12.8 Å². The monoisotopic (exact) mass is 203 g/mol. The van der Waals surface area contributed by atoms with Crippen LogP contribution >= 0.6 is 0 Å².